The van der Waals surface area contributed by atoms with E-state index in [1.54, 1.807) is 21.5 Å². The fourth-order valence-corrected chi connectivity index (χ4v) is 2.91. The largest absolute Gasteiger partial charge is 0.290 e. The molecule has 4 rings (SSSR count). The molecular formula is C19H18N6O. The summed E-state index contributed by atoms with van der Waals surface area (Å²) in [5.74, 6) is 0.133. The van der Waals surface area contributed by atoms with Gasteiger partial charge in [0.05, 0.1) is 23.1 Å². The Bertz CT molecular complexity index is 1080. The molecule has 0 aliphatic rings. The third-order valence-corrected chi connectivity index (χ3v) is 4.27. The molecule has 0 unspecified atom stereocenters. The van der Waals surface area contributed by atoms with Crippen molar-refractivity contribution in [2.75, 3.05) is 5.32 Å². The van der Waals surface area contributed by atoms with Gasteiger partial charge in [0.1, 0.15) is 0 Å². The van der Waals surface area contributed by atoms with Crippen LogP contribution in [0.4, 0.5) is 5.95 Å². The zero-order chi connectivity index (χ0) is 18.1. The van der Waals surface area contributed by atoms with Gasteiger partial charge >= 0.3 is 0 Å². The Morgan fingerprint density at radius 1 is 1.12 bits per heavy atom. The first-order valence-corrected chi connectivity index (χ1v) is 8.42. The molecule has 26 heavy (non-hydrogen) atoms. The predicted octanol–water partition coefficient (Wildman–Crippen LogP) is 3.04. The summed E-state index contributed by atoms with van der Waals surface area (Å²) >= 11 is 0. The molecule has 4 aromatic rings. The van der Waals surface area contributed by atoms with E-state index >= 15 is 0 Å². The summed E-state index contributed by atoms with van der Waals surface area (Å²) in [6.45, 7) is 4.04. The van der Waals surface area contributed by atoms with Gasteiger partial charge in [-0.15, -0.1) is 10.2 Å². The smallest absolute Gasteiger partial charge is 0.261 e. The van der Waals surface area contributed by atoms with Crippen molar-refractivity contribution in [2.45, 2.75) is 20.3 Å². The van der Waals surface area contributed by atoms with Crippen molar-refractivity contribution in [3.63, 3.8) is 0 Å². The fourth-order valence-electron chi connectivity index (χ4n) is 2.91. The number of pyridine rings is 1. The van der Waals surface area contributed by atoms with Crippen molar-refractivity contribution < 1.29 is 4.79 Å². The van der Waals surface area contributed by atoms with Crippen LogP contribution in [-0.2, 0) is 6.42 Å². The predicted molar refractivity (Wildman–Crippen MR) is 98.6 cm³/mol. The SMILES string of the molecule is CCc1c(C(=O)Nc2nnc3ccccn23)cnn1-c1ccc(C)cc1. The average Bonchev–Trinajstić information content (AvgIpc) is 3.27. The second-order valence-corrected chi connectivity index (χ2v) is 6.01. The van der Waals surface area contributed by atoms with Gasteiger partial charge in [-0.3, -0.25) is 14.5 Å². The van der Waals surface area contributed by atoms with Crippen LogP contribution in [0.3, 0.4) is 0 Å². The molecular weight excluding hydrogens is 328 g/mol. The van der Waals surface area contributed by atoms with Gasteiger partial charge in [-0.2, -0.15) is 5.10 Å². The molecule has 0 saturated heterocycles. The number of anilines is 1. The lowest BCUT2D eigenvalue weighted by Crippen LogP contribution is -2.16. The average molecular weight is 346 g/mol. The standard InChI is InChI=1S/C19H18N6O/c1-3-16-15(12-20-25(16)14-9-7-13(2)8-10-14)18(26)21-19-23-22-17-6-4-5-11-24(17)19/h4-12H,3H2,1-2H3,(H,21,23,26). The van der Waals surface area contributed by atoms with E-state index in [9.17, 15) is 4.79 Å². The van der Waals surface area contributed by atoms with Crippen molar-refractivity contribution in [3.05, 3.63) is 71.7 Å². The molecule has 1 N–H and O–H groups in total. The number of carbonyl (C=O) groups is 1. The van der Waals surface area contributed by atoms with Crippen LogP contribution >= 0.6 is 0 Å². The maximum absolute atomic E-state index is 12.8. The molecule has 7 nitrogen and oxygen atoms in total. The lowest BCUT2D eigenvalue weighted by molar-refractivity contribution is 0.102. The highest BCUT2D eigenvalue weighted by molar-refractivity contribution is 6.04. The summed E-state index contributed by atoms with van der Waals surface area (Å²) in [6, 6.07) is 13.6. The molecule has 1 aromatic carbocycles. The molecule has 0 bridgehead atoms. The van der Waals surface area contributed by atoms with Crippen LogP contribution in [0.2, 0.25) is 0 Å². The molecule has 0 radical (unpaired) electrons. The third kappa shape index (κ3) is 2.73. The topological polar surface area (TPSA) is 77.1 Å². The first-order valence-electron chi connectivity index (χ1n) is 8.42. The van der Waals surface area contributed by atoms with Gasteiger partial charge in [0, 0.05) is 6.20 Å². The van der Waals surface area contributed by atoms with Crippen LogP contribution in [0.1, 0.15) is 28.5 Å². The summed E-state index contributed by atoms with van der Waals surface area (Å²) < 4.78 is 3.53. The summed E-state index contributed by atoms with van der Waals surface area (Å²) in [5.41, 5.74) is 4.16. The van der Waals surface area contributed by atoms with E-state index in [4.69, 9.17) is 0 Å². The van der Waals surface area contributed by atoms with E-state index in [0.717, 1.165) is 11.4 Å². The first-order chi connectivity index (χ1) is 12.7. The normalized spacial score (nSPS) is 11.0. The van der Waals surface area contributed by atoms with Gasteiger partial charge in [-0.05, 0) is 37.6 Å². The molecule has 1 amide bonds. The Morgan fingerprint density at radius 2 is 1.92 bits per heavy atom. The third-order valence-electron chi connectivity index (χ3n) is 4.27. The molecule has 0 spiro atoms. The summed E-state index contributed by atoms with van der Waals surface area (Å²) in [5, 5.41) is 15.3. The minimum Gasteiger partial charge on any atom is -0.290 e. The van der Waals surface area contributed by atoms with E-state index in [2.05, 4.69) is 20.6 Å². The number of nitrogens with one attached hydrogen (secondary N) is 1. The molecule has 3 aromatic heterocycles. The lowest BCUT2D eigenvalue weighted by atomic mass is 10.2. The number of fused-ring (bicyclic) bond motifs is 1. The van der Waals surface area contributed by atoms with E-state index < -0.39 is 0 Å². The lowest BCUT2D eigenvalue weighted by Gasteiger charge is -2.08. The molecule has 0 saturated carbocycles. The maximum Gasteiger partial charge on any atom is 0.261 e. The summed E-state index contributed by atoms with van der Waals surface area (Å²) in [6.07, 6.45) is 4.08. The van der Waals surface area contributed by atoms with Gasteiger partial charge in [0.15, 0.2) is 5.65 Å². The number of hydrogen-bond donors (Lipinski definition) is 1. The van der Waals surface area contributed by atoms with Crippen LogP contribution < -0.4 is 5.32 Å². The van der Waals surface area contributed by atoms with Gasteiger partial charge in [-0.25, -0.2) is 4.68 Å². The molecule has 0 aliphatic heterocycles. The van der Waals surface area contributed by atoms with Crippen molar-refractivity contribution in [1.29, 1.82) is 0 Å². The van der Waals surface area contributed by atoms with Crippen LogP contribution in [0, 0.1) is 6.92 Å². The number of aromatic nitrogens is 5. The molecule has 130 valence electrons. The van der Waals surface area contributed by atoms with Gasteiger partial charge in [-0.1, -0.05) is 30.7 Å². The Hall–Kier alpha value is -3.48. The number of rotatable bonds is 4. The molecule has 7 heteroatoms. The highest BCUT2D eigenvalue weighted by Crippen LogP contribution is 2.18. The van der Waals surface area contributed by atoms with Crippen LogP contribution in [-0.4, -0.2) is 30.3 Å². The Morgan fingerprint density at radius 3 is 2.69 bits per heavy atom. The van der Waals surface area contributed by atoms with Crippen molar-refractivity contribution in [3.8, 4) is 5.69 Å². The number of nitrogens with zero attached hydrogens (tertiary/aromatic N) is 5. The van der Waals surface area contributed by atoms with Crippen LogP contribution in [0.15, 0.2) is 54.9 Å². The first kappa shape index (κ1) is 16.0. The van der Waals surface area contributed by atoms with Gasteiger partial charge in [0.25, 0.3) is 5.91 Å². The monoisotopic (exact) mass is 346 g/mol. The van der Waals surface area contributed by atoms with Crippen LogP contribution in [0.25, 0.3) is 11.3 Å². The molecule has 0 aliphatic carbocycles. The second-order valence-electron chi connectivity index (χ2n) is 6.01. The molecule has 3 heterocycles. The number of aryl methyl sites for hydroxylation is 1. The zero-order valence-corrected chi connectivity index (χ0v) is 14.5. The zero-order valence-electron chi connectivity index (χ0n) is 14.5. The molecule has 0 atom stereocenters. The summed E-state index contributed by atoms with van der Waals surface area (Å²) in [7, 11) is 0. The number of amides is 1. The maximum atomic E-state index is 12.8. The Labute approximate surface area is 150 Å². The summed E-state index contributed by atoms with van der Waals surface area (Å²) in [4.78, 5) is 12.8. The van der Waals surface area contributed by atoms with Crippen molar-refractivity contribution >= 4 is 17.5 Å². The van der Waals surface area contributed by atoms with E-state index in [0.29, 0.717) is 23.6 Å². The van der Waals surface area contributed by atoms with E-state index in [-0.39, 0.29) is 5.91 Å². The fraction of sp³-hybridized carbons (Fsp3) is 0.158. The number of benzene rings is 1. The highest BCUT2D eigenvalue weighted by atomic mass is 16.1. The van der Waals surface area contributed by atoms with Crippen molar-refractivity contribution in [1.82, 2.24) is 24.4 Å². The second kappa shape index (κ2) is 6.44. The highest BCUT2D eigenvalue weighted by Gasteiger charge is 2.19. The van der Waals surface area contributed by atoms with E-state index in [1.165, 1.54) is 5.56 Å². The Kier molecular flexibility index (Phi) is 3.96. The van der Waals surface area contributed by atoms with Crippen molar-refractivity contribution in [2.24, 2.45) is 0 Å². The van der Waals surface area contributed by atoms with E-state index in [1.807, 2.05) is 56.3 Å². The van der Waals surface area contributed by atoms with Gasteiger partial charge in [0.2, 0.25) is 5.95 Å². The minimum atomic E-state index is -0.252. The minimum absolute atomic E-state index is 0.252. The Balaban J connectivity index is 1.67. The molecule has 0 fully saturated rings. The number of hydrogen-bond acceptors (Lipinski definition) is 4. The quantitative estimate of drug-likeness (QED) is 0.616. The van der Waals surface area contributed by atoms with Gasteiger partial charge < -0.3 is 0 Å². The van der Waals surface area contributed by atoms with Crippen LogP contribution in [0.5, 0.6) is 0 Å². The number of carbonyl (C=O) groups excluding carboxylic acids is 1.